The average molecular weight is 538 g/mol. The van der Waals surface area contributed by atoms with Crippen LogP contribution in [0, 0.1) is 19.8 Å². The molecule has 2 N–H and O–H groups in total. The molecule has 3 amide bonds. The van der Waals surface area contributed by atoms with Gasteiger partial charge in [-0.2, -0.15) is 0 Å². The lowest BCUT2D eigenvalue weighted by atomic mass is 9.92. The molecule has 2 rings (SSSR count). The molecular weight excluding hydrogens is 490 g/mol. The number of hydrogen-bond acceptors (Lipinski definition) is 4. The van der Waals surface area contributed by atoms with Crippen molar-refractivity contribution in [3.8, 4) is 0 Å². The van der Waals surface area contributed by atoms with Gasteiger partial charge in [0.2, 0.25) is 5.91 Å². The van der Waals surface area contributed by atoms with Crippen LogP contribution >= 0.6 is 0 Å². The average Bonchev–Trinajstić information content (AvgIpc) is 2.81. The standard InChI is InChI=1S/C32H47N3O4/c1-12-23-16-18-24(19-17-23)27(28(36)33-26-21(4)14-13-15-22(26)5)35(31(6,7)8)29(37)25(20(2)3)34-30(38)39-32(9,10)11/h13-20,25,27H,12H2,1-11H3,(H,33,36)(H,34,38). The SMILES string of the molecule is CCc1ccc(C(C(=O)Nc2c(C)cccc2C)N(C(=O)C(NC(=O)OC(C)(C)C)C(C)C)C(C)(C)C)cc1. The van der Waals surface area contributed by atoms with Crippen molar-refractivity contribution >= 4 is 23.6 Å². The highest BCUT2D eigenvalue weighted by Gasteiger charge is 2.42. The smallest absolute Gasteiger partial charge is 0.408 e. The number of nitrogens with zero attached hydrogens (tertiary/aromatic N) is 1. The fourth-order valence-electron chi connectivity index (χ4n) is 4.50. The zero-order valence-corrected chi connectivity index (χ0v) is 25.6. The van der Waals surface area contributed by atoms with Crippen molar-refractivity contribution in [1.82, 2.24) is 10.2 Å². The number of ether oxygens (including phenoxy) is 1. The molecule has 2 aromatic carbocycles. The number of nitrogens with one attached hydrogen (secondary N) is 2. The molecule has 0 aliphatic heterocycles. The highest BCUT2D eigenvalue weighted by Crippen LogP contribution is 2.33. The zero-order chi connectivity index (χ0) is 29.7. The third-order valence-electron chi connectivity index (χ3n) is 6.50. The molecule has 0 aliphatic rings. The number of carbonyl (C=O) groups is 3. The molecule has 2 atom stereocenters. The van der Waals surface area contributed by atoms with Gasteiger partial charge in [-0.25, -0.2) is 4.79 Å². The molecule has 0 bridgehead atoms. The number of anilines is 1. The third kappa shape index (κ3) is 8.57. The maximum atomic E-state index is 14.3. The second kappa shape index (κ2) is 12.7. The number of alkyl carbamates (subject to hydrolysis) is 1. The van der Waals surface area contributed by atoms with E-state index >= 15 is 0 Å². The van der Waals surface area contributed by atoms with Crippen LogP contribution in [0.1, 0.15) is 90.6 Å². The van der Waals surface area contributed by atoms with Gasteiger partial charge in [0.1, 0.15) is 17.7 Å². The van der Waals surface area contributed by atoms with Crippen LogP contribution in [-0.2, 0) is 20.7 Å². The lowest BCUT2D eigenvalue weighted by Crippen LogP contribution is -2.59. The molecule has 7 heteroatoms. The summed E-state index contributed by atoms with van der Waals surface area (Å²) < 4.78 is 5.46. The summed E-state index contributed by atoms with van der Waals surface area (Å²) in [6.45, 7) is 20.7. The summed E-state index contributed by atoms with van der Waals surface area (Å²) in [7, 11) is 0. The summed E-state index contributed by atoms with van der Waals surface area (Å²) in [6, 6.07) is 11.8. The number of aryl methyl sites for hydroxylation is 3. The summed E-state index contributed by atoms with van der Waals surface area (Å²) in [5.41, 5.74) is 2.95. The highest BCUT2D eigenvalue weighted by atomic mass is 16.6. The van der Waals surface area contributed by atoms with Gasteiger partial charge in [-0.3, -0.25) is 9.59 Å². The summed E-state index contributed by atoms with van der Waals surface area (Å²) in [6.07, 6.45) is 0.184. The van der Waals surface area contributed by atoms with Crippen LogP contribution < -0.4 is 10.6 Å². The number of benzene rings is 2. The lowest BCUT2D eigenvalue weighted by Gasteiger charge is -2.43. The molecule has 2 unspecified atom stereocenters. The summed E-state index contributed by atoms with van der Waals surface area (Å²) in [5.74, 6) is -0.927. The van der Waals surface area contributed by atoms with Crippen LogP contribution in [0.4, 0.5) is 10.5 Å². The fraction of sp³-hybridized carbons (Fsp3) is 0.531. The second-order valence-corrected chi connectivity index (χ2v) is 12.5. The Hall–Kier alpha value is -3.35. The quantitative estimate of drug-likeness (QED) is 0.391. The molecule has 2 aromatic rings. The minimum Gasteiger partial charge on any atom is -0.444 e. The van der Waals surface area contributed by atoms with Gasteiger partial charge in [-0.05, 0) is 90.0 Å². The highest BCUT2D eigenvalue weighted by molar-refractivity contribution is 6.00. The molecule has 0 saturated carbocycles. The monoisotopic (exact) mass is 537 g/mol. The van der Waals surface area contributed by atoms with Crippen LogP contribution in [0.2, 0.25) is 0 Å². The van der Waals surface area contributed by atoms with Crippen LogP contribution in [-0.4, -0.2) is 40.0 Å². The van der Waals surface area contributed by atoms with E-state index in [4.69, 9.17) is 4.74 Å². The van der Waals surface area contributed by atoms with Crippen molar-refractivity contribution in [3.05, 3.63) is 64.7 Å². The van der Waals surface area contributed by atoms with Crippen LogP contribution in [0.3, 0.4) is 0 Å². The minimum atomic E-state index is -0.941. The van der Waals surface area contributed by atoms with Gasteiger partial charge in [0, 0.05) is 11.2 Å². The predicted molar refractivity (Wildman–Crippen MR) is 158 cm³/mol. The van der Waals surface area contributed by atoms with Crippen LogP contribution in [0.25, 0.3) is 0 Å². The van der Waals surface area contributed by atoms with E-state index in [1.54, 1.807) is 25.7 Å². The number of carbonyl (C=O) groups excluding carboxylic acids is 3. The van der Waals surface area contributed by atoms with E-state index in [-0.39, 0.29) is 17.7 Å². The van der Waals surface area contributed by atoms with Crippen LogP contribution in [0.15, 0.2) is 42.5 Å². The molecule has 0 spiro atoms. The molecule has 7 nitrogen and oxygen atoms in total. The Morgan fingerprint density at radius 3 is 1.87 bits per heavy atom. The van der Waals surface area contributed by atoms with Gasteiger partial charge in [0.25, 0.3) is 5.91 Å². The summed E-state index contributed by atoms with van der Waals surface area (Å²) in [5, 5.41) is 5.88. The number of amides is 3. The lowest BCUT2D eigenvalue weighted by molar-refractivity contribution is -0.147. The molecule has 0 fully saturated rings. The number of para-hydroxylation sites is 1. The maximum Gasteiger partial charge on any atom is 0.408 e. The van der Waals surface area contributed by atoms with Crippen molar-refractivity contribution in [2.45, 2.75) is 106 Å². The zero-order valence-electron chi connectivity index (χ0n) is 25.6. The van der Waals surface area contributed by atoms with Crippen molar-refractivity contribution in [1.29, 1.82) is 0 Å². The van der Waals surface area contributed by atoms with Gasteiger partial charge >= 0.3 is 6.09 Å². The Morgan fingerprint density at radius 1 is 0.897 bits per heavy atom. The summed E-state index contributed by atoms with van der Waals surface area (Å²) >= 11 is 0. The maximum absolute atomic E-state index is 14.3. The van der Waals surface area contributed by atoms with E-state index in [1.807, 2.05) is 90.9 Å². The molecule has 0 saturated heterocycles. The first kappa shape index (κ1) is 31.9. The largest absolute Gasteiger partial charge is 0.444 e. The topological polar surface area (TPSA) is 87.7 Å². The third-order valence-corrected chi connectivity index (χ3v) is 6.50. The first-order valence-corrected chi connectivity index (χ1v) is 13.7. The van der Waals surface area contributed by atoms with E-state index in [0.717, 1.165) is 28.8 Å². The Labute approximate surface area is 234 Å². The molecule has 0 aromatic heterocycles. The van der Waals surface area contributed by atoms with Crippen LogP contribution in [0.5, 0.6) is 0 Å². The van der Waals surface area contributed by atoms with E-state index < -0.39 is 29.3 Å². The van der Waals surface area contributed by atoms with E-state index in [0.29, 0.717) is 5.56 Å². The minimum absolute atomic E-state index is 0.250. The first-order chi connectivity index (χ1) is 18.0. The van der Waals surface area contributed by atoms with E-state index in [9.17, 15) is 14.4 Å². The fourth-order valence-corrected chi connectivity index (χ4v) is 4.50. The first-order valence-electron chi connectivity index (χ1n) is 13.7. The summed E-state index contributed by atoms with van der Waals surface area (Å²) in [4.78, 5) is 42.8. The van der Waals surface area contributed by atoms with Gasteiger partial charge in [0.15, 0.2) is 0 Å². The molecular formula is C32H47N3O4. The predicted octanol–water partition coefficient (Wildman–Crippen LogP) is 6.72. The Morgan fingerprint density at radius 2 is 1.44 bits per heavy atom. The molecule has 0 radical (unpaired) electrons. The van der Waals surface area contributed by atoms with Crippen molar-refractivity contribution in [2.24, 2.45) is 5.92 Å². The molecule has 39 heavy (non-hydrogen) atoms. The van der Waals surface area contributed by atoms with E-state index in [2.05, 4.69) is 17.6 Å². The van der Waals surface area contributed by atoms with Crippen molar-refractivity contribution in [3.63, 3.8) is 0 Å². The van der Waals surface area contributed by atoms with E-state index in [1.165, 1.54) is 0 Å². The van der Waals surface area contributed by atoms with Crippen molar-refractivity contribution < 1.29 is 19.1 Å². The Balaban J connectivity index is 2.63. The number of hydrogen-bond donors (Lipinski definition) is 2. The Bertz CT molecular complexity index is 1140. The van der Waals surface area contributed by atoms with Gasteiger partial charge in [0.05, 0.1) is 0 Å². The molecule has 0 aliphatic carbocycles. The number of rotatable bonds is 8. The second-order valence-electron chi connectivity index (χ2n) is 12.5. The van der Waals surface area contributed by atoms with Gasteiger partial charge in [-0.1, -0.05) is 63.2 Å². The van der Waals surface area contributed by atoms with Gasteiger partial charge < -0.3 is 20.3 Å². The normalized spacial score (nSPS) is 13.4. The molecule has 0 heterocycles. The Kier molecular flexibility index (Phi) is 10.4. The van der Waals surface area contributed by atoms with Gasteiger partial charge in [-0.15, -0.1) is 0 Å². The van der Waals surface area contributed by atoms with Crippen molar-refractivity contribution in [2.75, 3.05) is 5.32 Å². The molecule has 214 valence electrons.